The van der Waals surface area contributed by atoms with Crippen molar-refractivity contribution >= 4 is 45.3 Å². The molecule has 4 rings (SSSR count). The highest BCUT2D eigenvalue weighted by atomic mass is 35.5. The number of carbonyl (C=O) groups excluding carboxylic acids is 1. The van der Waals surface area contributed by atoms with E-state index in [-0.39, 0.29) is 5.91 Å². The van der Waals surface area contributed by atoms with Crippen LogP contribution in [0.15, 0.2) is 54.6 Å². The van der Waals surface area contributed by atoms with Crippen LogP contribution < -0.4 is 5.32 Å². The molecule has 4 aromatic rings. The highest BCUT2D eigenvalue weighted by molar-refractivity contribution is 6.34. The number of hydrogen-bond donors (Lipinski definition) is 1. The van der Waals surface area contributed by atoms with Crippen molar-refractivity contribution in [2.45, 2.75) is 13.5 Å². The Balaban J connectivity index is 1.83. The molecule has 0 aliphatic carbocycles. The monoisotopic (exact) mass is 350 g/mol. The minimum Gasteiger partial charge on any atom is -0.304 e. The zero-order valence-electron chi connectivity index (χ0n) is 13.5. The molecule has 2 aromatic carbocycles. The van der Waals surface area contributed by atoms with Crippen molar-refractivity contribution in [2.75, 3.05) is 5.32 Å². The molecule has 0 aliphatic rings. The number of nitrogens with zero attached hydrogens (tertiary/aromatic N) is 3. The number of nitrogens with one attached hydrogen (secondary N) is 1. The second kappa shape index (κ2) is 6.18. The van der Waals surface area contributed by atoms with Crippen molar-refractivity contribution < 1.29 is 4.79 Å². The zero-order chi connectivity index (χ0) is 17.4. The van der Waals surface area contributed by atoms with Gasteiger partial charge >= 0.3 is 0 Å². The molecule has 2 aromatic heterocycles. The Kier molecular flexibility index (Phi) is 3.86. The average Bonchev–Trinajstić information content (AvgIpc) is 2.97. The van der Waals surface area contributed by atoms with Gasteiger partial charge in [0.15, 0.2) is 11.5 Å². The Hall–Kier alpha value is -2.92. The smallest absolute Gasteiger partial charge is 0.258 e. The summed E-state index contributed by atoms with van der Waals surface area (Å²) in [5.74, 6) is 0.196. The Morgan fingerprint density at radius 2 is 1.92 bits per heavy atom. The number of rotatable bonds is 3. The van der Waals surface area contributed by atoms with Crippen LogP contribution in [0.25, 0.3) is 21.9 Å². The third-order valence-electron chi connectivity index (χ3n) is 4.07. The molecular weight excluding hydrogens is 336 g/mol. The predicted octanol–water partition coefficient (Wildman–Crippen LogP) is 4.51. The van der Waals surface area contributed by atoms with E-state index in [2.05, 4.69) is 15.4 Å². The number of aromatic nitrogens is 3. The van der Waals surface area contributed by atoms with Crippen LogP contribution in [0, 0.1) is 0 Å². The number of anilines is 1. The number of pyridine rings is 1. The second-order valence-corrected chi connectivity index (χ2v) is 6.06. The van der Waals surface area contributed by atoms with Gasteiger partial charge in [-0.1, -0.05) is 41.9 Å². The fraction of sp³-hybridized carbons (Fsp3) is 0.105. The van der Waals surface area contributed by atoms with Gasteiger partial charge in [-0.3, -0.25) is 4.79 Å². The van der Waals surface area contributed by atoms with E-state index >= 15 is 0 Å². The van der Waals surface area contributed by atoms with Crippen molar-refractivity contribution in [3.8, 4) is 0 Å². The minimum atomic E-state index is -0.290. The lowest BCUT2D eigenvalue weighted by molar-refractivity contribution is 0.102. The SMILES string of the molecule is CCn1nc(NC(=O)c2ccccc2Cl)c2cc3ccccc3nc21. The van der Waals surface area contributed by atoms with Gasteiger partial charge in [0.2, 0.25) is 0 Å². The lowest BCUT2D eigenvalue weighted by Gasteiger charge is -2.04. The minimum absolute atomic E-state index is 0.290. The molecule has 6 heteroatoms. The Morgan fingerprint density at radius 1 is 1.16 bits per heavy atom. The van der Waals surface area contributed by atoms with Gasteiger partial charge in [-0.25, -0.2) is 9.67 Å². The summed E-state index contributed by atoms with van der Waals surface area (Å²) in [4.78, 5) is 17.3. The lowest BCUT2D eigenvalue weighted by atomic mass is 10.2. The van der Waals surface area contributed by atoms with Crippen molar-refractivity contribution in [3.05, 3.63) is 65.2 Å². The number of hydrogen-bond acceptors (Lipinski definition) is 3. The molecule has 0 saturated carbocycles. The molecule has 0 bridgehead atoms. The molecule has 0 unspecified atom stereocenters. The summed E-state index contributed by atoms with van der Waals surface area (Å²) in [6.45, 7) is 2.65. The molecule has 0 atom stereocenters. The van der Waals surface area contributed by atoms with Crippen LogP contribution in [0.2, 0.25) is 5.02 Å². The van der Waals surface area contributed by atoms with Crippen molar-refractivity contribution in [1.29, 1.82) is 0 Å². The van der Waals surface area contributed by atoms with Gasteiger partial charge in [-0.2, -0.15) is 5.10 Å². The second-order valence-electron chi connectivity index (χ2n) is 5.65. The van der Waals surface area contributed by atoms with Crippen LogP contribution >= 0.6 is 11.6 Å². The van der Waals surface area contributed by atoms with Gasteiger partial charge in [-0.05, 0) is 31.2 Å². The van der Waals surface area contributed by atoms with Crippen molar-refractivity contribution in [1.82, 2.24) is 14.8 Å². The van der Waals surface area contributed by atoms with E-state index in [1.165, 1.54) is 0 Å². The van der Waals surface area contributed by atoms with E-state index in [1.807, 2.05) is 37.3 Å². The summed E-state index contributed by atoms with van der Waals surface area (Å²) in [6, 6.07) is 16.8. The molecule has 5 nitrogen and oxygen atoms in total. The molecule has 1 N–H and O–H groups in total. The third kappa shape index (κ3) is 2.72. The molecule has 0 fully saturated rings. The third-order valence-corrected chi connectivity index (χ3v) is 4.40. The first-order valence-corrected chi connectivity index (χ1v) is 8.37. The number of benzene rings is 2. The van der Waals surface area contributed by atoms with Crippen LogP contribution in [0.5, 0.6) is 0 Å². The summed E-state index contributed by atoms with van der Waals surface area (Å²) >= 11 is 6.12. The standard InChI is InChI=1S/C19H15ClN4O/c1-2-24-18-14(11-12-7-3-6-10-16(12)21-18)17(23-24)22-19(25)13-8-4-5-9-15(13)20/h3-11H,2H2,1H3,(H,22,23,25). The van der Waals surface area contributed by atoms with E-state index < -0.39 is 0 Å². The van der Waals surface area contributed by atoms with Gasteiger partial charge < -0.3 is 5.32 Å². The first kappa shape index (κ1) is 15.6. The molecule has 0 spiro atoms. The van der Waals surface area contributed by atoms with Gasteiger partial charge in [0.1, 0.15) is 0 Å². The van der Waals surface area contributed by atoms with Gasteiger partial charge in [-0.15, -0.1) is 0 Å². The number of halogens is 1. The van der Waals surface area contributed by atoms with Crippen LogP contribution in [0.4, 0.5) is 5.82 Å². The highest BCUT2D eigenvalue weighted by Crippen LogP contribution is 2.27. The van der Waals surface area contributed by atoms with Crippen molar-refractivity contribution in [2.24, 2.45) is 0 Å². The summed E-state index contributed by atoms with van der Waals surface area (Å²) in [5, 5.41) is 9.58. The van der Waals surface area contributed by atoms with Gasteiger partial charge in [0.05, 0.1) is 21.5 Å². The summed E-state index contributed by atoms with van der Waals surface area (Å²) in [7, 11) is 0. The molecular formula is C19H15ClN4O. The van der Waals surface area contributed by atoms with Crippen LogP contribution in [0.1, 0.15) is 17.3 Å². The summed E-state index contributed by atoms with van der Waals surface area (Å²) < 4.78 is 1.78. The Bertz CT molecular complexity index is 1100. The quantitative estimate of drug-likeness (QED) is 0.591. The van der Waals surface area contributed by atoms with Crippen LogP contribution in [-0.2, 0) is 6.54 Å². The first-order chi connectivity index (χ1) is 12.2. The largest absolute Gasteiger partial charge is 0.304 e. The number of para-hydroxylation sites is 1. The van der Waals surface area contributed by atoms with E-state index in [1.54, 1.807) is 28.9 Å². The number of fused-ring (bicyclic) bond motifs is 2. The number of amides is 1. The Morgan fingerprint density at radius 3 is 2.72 bits per heavy atom. The topological polar surface area (TPSA) is 59.8 Å². The van der Waals surface area contributed by atoms with E-state index in [0.717, 1.165) is 21.9 Å². The fourth-order valence-corrected chi connectivity index (χ4v) is 3.05. The molecule has 1 amide bonds. The normalized spacial score (nSPS) is 11.1. The van der Waals surface area contributed by atoms with Gasteiger partial charge in [0.25, 0.3) is 5.91 Å². The maximum atomic E-state index is 12.6. The number of aryl methyl sites for hydroxylation is 1. The molecule has 25 heavy (non-hydrogen) atoms. The van der Waals surface area contributed by atoms with E-state index in [4.69, 9.17) is 11.6 Å². The van der Waals surface area contributed by atoms with Gasteiger partial charge in [0, 0.05) is 11.9 Å². The summed E-state index contributed by atoms with van der Waals surface area (Å²) in [6.07, 6.45) is 0. The maximum absolute atomic E-state index is 12.6. The maximum Gasteiger partial charge on any atom is 0.258 e. The van der Waals surface area contributed by atoms with E-state index in [9.17, 15) is 4.79 Å². The molecule has 124 valence electrons. The highest BCUT2D eigenvalue weighted by Gasteiger charge is 2.17. The molecule has 0 radical (unpaired) electrons. The molecule has 2 heterocycles. The predicted molar refractivity (Wildman–Crippen MR) is 100 cm³/mol. The first-order valence-electron chi connectivity index (χ1n) is 7.99. The van der Waals surface area contributed by atoms with Crippen LogP contribution in [0.3, 0.4) is 0 Å². The zero-order valence-corrected chi connectivity index (χ0v) is 14.3. The van der Waals surface area contributed by atoms with E-state index in [0.29, 0.717) is 22.9 Å². The summed E-state index contributed by atoms with van der Waals surface area (Å²) in [5.41, 5.74) is 2.06. The lowest BCUT2D eigenvalue weighted by Crippen LogP contribution is -2.13. The average molecular weight is 351 g/mol. The van der Waals surface area contributed by atoms with Crippen LogP contribution in [-0.4, -0.2) is 20.7 Å². The molecule has 0 saturated heterocycles. The van der Waals surface area contributed by atoms with Crippen molar-refractivity contribution in [3.63, 3.8) is 0 Å². The molecule has 0 aliphatic heterocycles. The fourth-order valence-electron chi connectivity index (χ4n) is 2.83. The Labute approximate surface area is 149 Å². The number of carbonyl (C=O) groups is 1.